The maximum atomic E-state index is 10.8. The van der Waals surface area contributed by atoms with Crippen molar-refractivity contribution in [3.63, 3.8) is 0 Å². The van der Waals surface area contributed by atoms with E-state index >= 15 is 0 Å². The summed E-state index contributed by atoms with van der Waals surface area (Å²) in [6.07, 6.45) is 5.31. The summed E-state index contributed by atoms with van der Waals surface area (Å²) in [5.41, 5.74) is 0.0164. The maximum Gasteiger partial charge on any atom is 0.354 e. The average Bonchev–Trinajstić information content (AvgIpc) is 2.40. The Morgan fingerprint density at radius 3 is 2.89 bits per heavy atom. The van der Waals surface area contributed by atoms with Crippen LogP contribution in [-0.2, 0) is 0 Å². The first-order valence-corrected chi connectivity index (χ1v) is 6.70. The number of carbonyl (C=O) groups is 1. The zero-order valence-corrected chi connectivity index (χ0v) is 11.2. The summed E-state index contributed by atoms with van der Waals surface area (Å²) in [5.74, 6) is -0.654. The number of aromatic nitrogens is 2. The molecule has 19 heavy (non-hydrogen) atoms. The van der Waals surface area contributed by atoms with Crippen LogP contribution in [0.15, 0.2) is 12.3 Å². The van der Waals surface area contributed by atoms with Crippen molar-refractivity contribution in [1.29, 1.82) is 0 Å². The van der Waals surface area contributed by atoms with Crippen LogP contribution in [0.25, 0.3) is 0 Å². The predicted octanol–water partition coefficient (Wildman–Crippen LogP) is 1.46. The van der Waals surface area contributed by atoms with Gasteiger partial charge in [-0.1, -0.05) is 6.42 Å². The van der Waals surface area contributed by atoms with Crippen LogP contribution >= 0.6 is 0 Å². The molecule has 1 saturated heterocycles. The van der Waals surface area contributed by atoms with Crippen LogP contribution in [0.3, 0.4) is 0 Å². The van der Waals surface area contributed by atoms with Gasteiger partial charge < -0.3 is 15.3 Å². The molecule has 1 aromatic heterocycles. The molecule has 1 aromatic rings. The third kappa shape index (κ3) is 4.17. The highest BCUT2D eigenvalue weighted by atomic mass is 16.4. The van der Waals surface area contributed by atoms with Gasteiger partial charge in [0.2, 0.25) is 5.95 Å². The van der Waals surface area contributed by atoms with E-state index in [1.165, 1.54) is 31.5 Å². The van der Waals surface area contributed by atoms with E-state index in [0.717, 1.165) is 19.6 Å². The van der Waals surface area contributed by atoms with Crippen LogP contribution < -0.4 is 5.32 Å². The van der Waals surface area contributed by atoms with Crippen LogP contribution in [0, 0.1) is 0 Å². The minimum atomic E-state index is -1.03. The van der Waals surface area contributed by atoms with Crippen LogP contribution in [-0.4, -0.2) is 51.6 Å². The highest BCUT2D eigenvalue weighted by molar-refractivity contribution is 5.85. The molecular weight excluding hydrogens is 244 g/mol. The number of nitrogens with zero attached hydrogens (tertiary/aromatic N) is 3. The summed E-state index contributed by atoms with van der Waals surface area (Å²) in [7, 11) is 0. The van der Waals surface area contributed by atoms with Gasteiger partial charge in [0.15, 0.2) is 5.69 Å². The Balaban J connectivity index is 1.88. The first kappa shape index (κ1) is 13.7. The number of nitrogens with one attached hydrogen (secondary N) is 1. The summed E-state index contributed by atoms with van der Waals surface area (Å²) in [4.78, 5) is 21.3. The van der Waals surface area contributed by atoms with E-state index in [4.69, 9.17) is 5.11 Å². The second kappa shape index (κ2) is 6.47. The lowest BCUT2D eigenvalue weighted by Crippen LogP contribution is -2.38. The number of rotatable bonds is 5. The van der Waals surface area contributed by atoms with E-state index in [-0.39, 0.29) is 11.7 Å². The van der Waals surface area contributed by atoms with Crippen molar-refractivity contribution in [1.82, 2.24) is 14.9 Å². The first-order valence-electron chi connectivity index (χ1n) is 6.70. The van der Waals surface area contributed by atoms with E-state index in [0.29, 0.717) is 5.95 Å². The molecule has 1 atom stereocenters. The number of anilines is 1. The van der Waals surface area contributed by atoms with Crippen LogP contribution in [0.2, 0.25) is 0 Å². The van der Waals surface area contributed by atoms with Gasteiger partial charge in [-0.25, -0.2) is 14.8 Å². The van der Waals surface area contributed by atoms with E-state index < -0.39 is 5.97 Å². The Kier molecular flexibility index (Phi) is 4.68. The highest BCUT2D eigenvalue weighted by Gasteiger charge is 2.14. The van der Waals surface area contributed by atoms with Gasteiger partial charge in [0.05, 0.1) is 0 Å². The fourth-order valence-corrected chi connectivity index (χ4v) is 2.34. The Morgan fingerprint density at radius 1 is 1.47 bits per heavy atom. The van der Waals surface area contributed by atoms with Crippen molar-refractivity contribution in [3.8, 4) is 0 Å². The maximum absolute atomic E-state index is 10.8. The Hall–Kier alpha value is -1.69. The van der Waals surface area contributed by atoms with Crippen molar-refractivity contribution < 1.29 is 9.90 Å². The predicted molar refractivity (Wildman–Crippen MR) is 72.4 cm³/mol. The fraction of sp³-hybridized carbons (Fsp3) is 0.615. The zero-order valence-electron chi connectivity index (χ0n) is 11.2. The molecule has 0 aliphatic carbocycles. The van der Waals surface area contributed by atoms with Gasteiger partial charge >= 0.3 is 5.97 Å². The molecule has 0 spiro atoms. The molecule has 0 amide bonds. The normalized spacial score (nSPS) is 17.9. The molecule has 6 nitrogen and oxygen atoms in total. The molecular formula is C13H20N4O2. The second-order valence-corrected chi connectivity index (χ2v) is 4.98. The molecule has 6 heteroatoms. The molecule has 0 bridgehead atoms. The second-order valence-electron chi connectivity index (χ2n) is 4.98. The summed E-state index contributed by atoms with van der Waals surface area (Å²) in [5, 5.41) is 12.0. The summed E-state index contributed by atoms with van der Waals surface area (Å²) in [6.45, 7) is 5.27. The Bertz CT molecular complexity index is 432. The number of carboxylic acids is 1. The van der Waals surface area contributed by atoms with Crippen LogP contribution in [0.1, 0.15) is 36.7 Å². The lowest BCUT2D eigenvalue weighted by atomic mass is 10.1. The topological polar surface area (TPSA) is 78.4 Å². The molecule has 1 fully saturated rings. The molecule has 0 aromatic carbocycles. The third-order valence-electron chi connectivity index (χ3n) is 3.23. The van der Waals surface area contributed by atoms with Crippen molar-refractivity contribution >= 4 is 11.9 Å². The van der Waals surface area contributed by atoms with Gasteiger partial charge in [0.1, 0.15) is 0 Å². The average molecular weight is 264 g/mol. The van der Waals surface area contributed by atoms with Crippen molar-refractivity contribution in [2.24, 2.45) is 0 Å². The highest BCUT2D eigenvalue weighted by Crippen LogP contribution is 2.10. The quantitative estimate of drug-likeness (QED) is 0.838. The molecule has 0 radical (unpaired) electrons. The standard InChI is InChI=1S/C13H20N4O2/c1-10(9-17-7-3-2-4-8-17)15-13-14-6-5-11(16-13)12(18)19/h5-6,10H,2-4,7-9H2,1H3,(H,18,19)(H,14,15,16). The Morgan fingerprint density at radius 2 is 2.21 bits per heavy atom. The van der Waals surface area contributed by atoms with Gasteiger partial charge in [0, 0.05) is 18.8 Å². The monoisotopic (exact) mass is 264 g/mol. The van der Waals surface area contributed by atoms with Crippen molar-refractivity contribution in [3.05, 3.63) is 18.0 Å². The molecule has 1 aliphatic rings. The SMILES string of the molecule is CC(CN1CCCCC1)Nc1nccc(C(=O)O)n1. The van der Waals surface area contributed by atoms with Crippen LogP contribution in [0.5, 0.6) is 0 Å². The molecule has 1 aliphatic heterocycles. The molecule has 2 N–H and O–H groups in total. The number of aromatic carboxylic acids is 1. The summed E-state index contributed by atoms with van der Waals surface area (Å²) < 4.78 is 0. The summed E-state index contributed by atoms with van der Waals surface area (Å²) in [6, 6.07) is 1.59. The number of hydrogen-bond acceptors (Lipinski definition) is 5. The molecule has 2 heterocycles. The molecule has 104 valence electrons. The number of hydrogen-bond donors (Lipinski definition) is 2. The molecule has 0 saturated carbocycles. The van der Waals surface area contributed by atoms with Gasteiger partial charge in [-0.15, -0.1) is 0 Å². The van der Waals surface area contributed by atoms with E-state index in [1.807, 2.05) is 0 Å². The minimum Gasteiger partial charge on any atom is -0.477 e. The lowest BCUT2D eigenvalue weighted by Gasteiger charge is -2.29. The van der Waals surface area contributed by atoms with E-state index in [2.05, 4.69) is 27.1 Å². The van der Waals surface area contributed by atoms with Crippen LogP contribution in [0.4, 0.5) is 5.95 Å². The van der Waals surface area contributed by atoms with Crippen molar-refractivity contribution in [2.75, 3.05) is 25.0 Å². The molecule has 1 unspecified atom stereocenters. The Labute approximate surface area is 112 Å². The smallest absolute Gasteiger partial charge is 0.354 e. The van der Waals surface area contributed by atoms with E-state index in [9.17, 15) is 4.79 Å². The fourth-order valence-electron chi connectivity index (χ4n) is 2.34. The van der Waals surface area contributed by atoms with Crippen molar-refractivity contribution in [2.45, 2.75) is 32.2 Å². The van der Waals surface area contributed by atoms with Gasteiger partial charge in [0.25, 0.3) is 0 Å². The number of carboxylic acid groups (broad SMARTS) is 1. The summed E-state index contributed by atoms with van der Waals surface area (Å²) >= 11 is 0. The third-order valence-corrected chi connectivity index (χ3v) is 3.23. The van der Waals surface area contributed by atoms with E-state index in [1.54, 1.807) is 0 Å². The van der Waals surface area contributed by atoms with Gasteiger partial charge in [-0.2, -0.15) is 0 Å². The number of likely N-dealkylation sites (tertiary alicyclic amines) is 1. The van der Waals surface area contributed by atoms with Gasteiger partial charge in [-0.05, 0) is 38.9 Å². The number of piperidine rings is 1. The molecule has 2 rings (SSSR count). The largest absolute Gasteiger partial charge is 0.477 e. The lowest BCUT2D eigenvalue weighted by molar-refractivity contribution is 0.0690. The first-order chi connectivity index (χ1) is 9.15. The van der Waals surface area contributed by atoms with Gasteiger partial charge in [-0.3, -0.25) is 0 Å². The zero-order chi connectivity index (χ0) is 13.7. The minimum absolute atomic E-state index is 0.0164.